The number of ether oxygens (including phenoxy) is 1. The summed E-state index contributed by atoms with van der Waals surface area (Å²) in [6.07, 6.45) is 0. The number of nitriles is 1. The minimum absolute atomic E-state index is 0.330. The highest BCUT2D eigenvalue weighted by Gasteiger charge is 2.16. The molecule has 0 saturated carbocycles. The Labute approximate surface area is 155 Å². The fraction of sp³-hybridized carbons (Fsp3) is 0.263. The standard InChI is InChI=1S/C19H18N4O2S/c1-4-25-19(24)16-11-26-17(21-16)10-23-13(3)18(12(2)22-23)15-7-5-14(9-20)6-8-15/h5-8,11H,4,10H2,1-3H3. The third-order valence-corrected chi connectivity index (χ3v) is 4.84. The fourth-order valence-electron chi connectivity index (χ4n) is 2.79. The monoisotopic (exact) mass is 366 g/mol. The van der Waals surface area contributed by atoms with Crippen molar-refractivity contribution in [2.75, 3.05) is 6.61 Å². The van der Waals surface area contributed by atoms with Gasteiger partial charge in [-0.25, -0.2) is 9.78 Å². The second kappa shape index (κ2) is 7.50. The molecule has 0 bridgehead atoms. The predicted molar refractivity (Wildman–Crippen MR) is 99.0 cm³/mol. The molecular formula is C19H18N4O2S. The van der Waals surface area contributed by atoms with E-state index in [9.17, 15) is 4.79 Å². The number of hydrogen-bond donors (Lipinski definition) is 0. The average Bonchev–Trinajstić information content (AvgIpc) is 3.21. The first-order valence-electron chi connectivity index (χ1n) is 8.19. The number of carbonyl (C=O) groups is 1. The molecule has 3 rings (SSSR count). The summed E-state index contributed by atoms with van der Waals surface area (Å²) in [5.74, 6) is -0.401. The Hall–Kier alpha value is -2.98. The third-order valence-electron chi connectivity index (χ3n) is 4.01. The summed E-state index contributed by atoms with van der Waals surface area (Å²) in [6, 6.07) is 9.60. The van der Waals surface area contributed by atoms with Crippen LogP contribution in [0.5, 0.6) is 0 Å². The molecule has 0 aliphatic carbocycles. The largest absolute Gasteiger partial charge is 0.461 e. The van der Waals surface area contributed by atoms with Gasteiger partial charge in [-0.1, -0.05) is 12.1 Å². The van der Waals surface area contributed by atoms with Gasteiger partial charge >= 0.3 is 5.97 Å². The molecule has 26 heavy (non-hydrogen) atoms. The molecule has 6 nitrogen and oxygen atoms in total. The molecule has 0 N–H and O–H groups in total. The first-order chi connectivity index (χ1) is 12.5. The van der Waals surface area contributed by atoms with E-state index in [4.69, 9.17) is 10.00 Å². The quantitative estimate of drug-likeness (QED) is 0.643. The number of benzene rings is 1. The van der Waals surface area contributed by atoms with Crippen molar-refractivity contribution in [1.82, 2.24) is 14.8 Å². The van der Waals surface area contributed by atoms with Gasteiger partial charge in [0.25, 0.3) is 0 Å². The van der Waals surface area contributed by atoms with Crippen molar-refractivity contribution >= 4 is 17.3 Å². The van der Waals surface area contributed by atoms with Crippen LogP contribution in [-0.2, 0) is 11.3 Å². The first-order valence-corrected chi connectivity index (χ1v) is 9.07. The Balaban J connectivity index is 1.86. The maximum absolute atomic E-state index is 11.7. The highest BCUT2D eigenvalue weighted by atomic mass is 32.1. The van der Waals surface area contributed by atoms with Crippen molar-refractivity contribution in [3.05, 3.63) is 57.3 Å². The van der Waals surface area contributed by atoms with E-state index in [2.05, 4.69) is 16.2 Å². The van der Waals surface area contributed by atoms with Crippen LogP contribution in [-0.4, -0.2) is 27.3 Å². The predicted octanol–water partition coefficient (Wildman–Crippen LogP) is 3.72. The molecule has 2 aromatic heterocycles. The van der Waals surface area contributed by atoms with Gasteiger partial charge in [0.2, 0.25) is 0 Å². The highest BCUT2D eigenvalue weighted by Crippen LogP contribution is 2.28. The van der Waals surface area contributed by atoms with E-state index in [1.54, 1.807) is 24.4 Å². The van der Waals surface area contributed by atoms with Gasteiger partial charge in [0, 0.05) is 16.6 Å². The summed E-state index contributed by atoms with van der Waals surface area (Å²) < 4.78 is 6.86. The maximum Gasteiger partial charge on any atom is 0.357 e. The molecule has 0 fully saturated rings. The van der Waals surface area contributed by atoms with E-state index in [1.165, 1.54) is 11.3 Å². The van der Waals surface area contributed by atoms with Crippen LogP contribution >= 0.6 is 11.3 Å². The summed E-state index contributed by atoms with van der Waals surface area (Å²) in [7, 11) is 0. The lowest BCUT2D eigenvalue weighted by Crippen LogP contribution is -2.07. The van der Waals surface area contributed by atoms with Gasteiger partial charge in [0.05, 0.1) is 30.5 Å². The van der Waals surface area contributed by atoms with Crippen LogP contribution in [0.4, 0.5) is 0 Å². The summed E-state index contributed by atoms with van der Waals surface area (Å²) in [5.41, 5.74) is 4.97. The van der Waals surface area contributed by atoms with E-state index in [0.717, 1.165) is 27.5 Å². The number of nitrogens with zero attached hydrogens (tertiary/aromatic N) is 4. The van der Waals surface area contributed by atoms with Gasteiger partial charge in [-0.2, -0.15) is 10.4 Å². The molecule has 0 spiro atoms. The summed E-state index contributed by atoms with van der Waals surface area (Å²) >= 11 is 1.41. The first kappa shape index (κ1) is 17.8. The van der Waals surface area contributed by atoms with Crippen LogP contribution in [0, 0.1) is 25.2 Å². The van der Waals surface area contributed by atoms with E-state index >= 15 is 0 Å². The molecule has 3 aromatic rings. The van der Waals surface area contributed by atoms with Gasteiger partial charge in [-0.05, 0) is 38.5 Å². The van der Waals surface area contributed by atoms with Crippen LogP contribution in [0.15, 0.2) is 29.6 Å². The lowest BCUT2D eigenvalue weighted by Gasteiger charge is -2.04. The number of hydrogen-bond acceptors (Lipinski definition) is 6. The van der Waals surface area contributed by atoms with Crippen LogP contribution in [0.25, 0.3) is 11.1 Å². The zero-order valence-corrected chi connectivity index (χ0v) is 15.6. The van der Waals surface area contributed by atoms with Gasteiger partial charge in [0.15, 0.2) is 5.69 Å². The van der Waals surface area contributed by atoms with Gasteiger partial charge in [-0.3, -0.25) is 4.68 Å². The van der Waals surface area contributed by atoms with Crippen molar-refractivity contribution in [1.29, 1.82) is 5.26 Å². The Bertz CT molecular complexity index is 980. The molecule has 0 saturated heterocycles. The molecule has 1 aromatic carbocycles. The molecule has 0 radical (unpaired) electrons. The van der Waals surface area contributed by atoms with Gasteiger partial charge in [-0.15, -0.1) is 11.3 Å². The molecule has 0 aliphatic heterocycles. The van der Waals surface area contributed by atoms with Crippen LogP contribution in [0.2, 0.25) is 0 Å². The zero-order chi connectivity index (χ0) is 18.7. The lowest BCUT2D eigenvalue weighted by molar-refractivity contribution is 0.0520. The fourth-order valence-corrected chi connectivity index (χ4v) is 3.53. The highest BCUT2D eigenvalue weighted by molar-refractivity contribution is 7.09. The second-order valence-corrected chi connectivity index (χ2v) is 6.68. The summed E-state index contributed by atoms with van der Waals surface area (Å²) in [6.45, 7) is 6.56. The average molecular weight is 366 g/mol. The van der Waals surface area contributed by atoms with Crippen molar-refractivity contribution in [3.8, 4) is 17.2 Å². The smallest absolute Gasteiger partial charge is 0.357 e. The molecular weight excluding hydrogens is 348 g/mol. The van der Waals surface area contributed by atoms with E-state index in [-0.39, 0.29) is 0 Å². The van der Waals surface area contributed by atoms with E-state index < -0.39 is 5.97 Å². The van der Waals surface area contributed by atoms with E-state index in [1.807, 2.05) is 30.7 Å². The number of aryl methyl sites for hydroxylation is 1. The number of esters is 1. The van der Waals surface area contributed by atoms with Gasteiger partial charge < -0.3 is 4.74 Å². The molecule has 132 valence electrons. The Morgan fingerprint density at radius 1 is 1.31 bits per heavy atom. The van der Waals surface area contributed by atoms with Crippen molar-refractivity contribution in [3.63, 3.8) is 0 Å². The minimum atomic E-state index is -0.401. The molecule has 0 aliphatic rings. The van der Waals surface area contributed by atoms with Crippen molar-refractivity contribution in [2.45, 2.75) is 27.3 Å². The SMILES string of the molecule is CCOC(=O)c1csc(Cn2nc(C)c(-c3ccc(C#N)cc3)c2C)n1. The van der Waals surface area contributed by atoms with Crippen LogP contribution in [0.1, 0.15) is 39.4 Å². The summed E-state index contributed by atoms with van der Waals surface area (Å²) in [4.78, 5) is 16.1. The topological polar surface area (TPSA) is 80.8 Å². The molecule has 0 atom stereocenters. The number of aromatic nitrogens is 3. The minimum Gasteiger partial charge on any atom is -0.461 e. The number of thiazole rings is 1. The van der Waals surface area contributed by atoms with Gasteiger partial charge in [0.1, 0.15) is 5.01 Å². The number of rotatable bonds is 5. The van der Waals surface area contributed by atoms with Crippen molar-refractivity contribution in [2.24, 2.45) is 0 Å². The van der Waals surface area contributed by atoms with Crippen LogP contribution < -0.4 is 0 Å². The molecule has 0 unspecified atom stereocenters. The van der Waals surface area contributed by atoms with E-state index in [0.29, 0.717) is 24.4 Å². The second-order valence-electron chi connectivity index (χ2n) is 5.74. The van der Waals surface area contributed by atoms with Crippen molar-refractivity contribution < 1.29 is 9.53 Å². The van der Waals surface area contributed by atoms with Crippen LogP contribution in [0.3, 0.4) is 0 Å². The molecule has 2 heterocycles. The third kappa shape index (κ3) is 3.51. The maximum atomic E-state index is 11.7. The Morgan fingerprint density at radius 2 is 2.04 bits per heavy atom. The normalized spacial score (nSPS) is 10.5. The molecule has 0 amide bonds. The molecule has 7 heteroatoms. The number of carbonyl (C=O) groups excluding carboxylic acids is 1. The Morgan fingerprint density at radius 3 is 2.69 bits per heavy atom. The Kier molecular flexibility index (Phi) is 5.14. The zero-order valence-electron chi connectivity index (χ0n) is 14.8. The summed E-state index contributed by atoms with van der Waals surface area (Å²) in [5, 5.41) is 16.1. The lowest BCUT2D eigenvalue weighted by atomic mass is 10.0.